The Kier molecular flexibility index (Phi) is 12.5. The minimum Gasteiger partial charge on any atom is -0.507 e. The number of aldehydes is 1. The van der Waals surface area contributed by atoms with Gasteiger partial charge < -0.3 is 32.7 Å². The molecular formula is C46H58NO6Y-. The number of hydrogen-bond acceptors (Lipinski definition) is 7. The maximum atomic E-state index is 11.2. The molecule has 54 heavy (non-hydrogen) atoms. The summed E-state index contributed by atoms with van der Waals surface area (Å²) in [5.74, 6) is 3.87. The fraction of sp³-hybridized carbons (Fsp3) is 0.543. The molecule has 0 heterocycles. The van der Waals surface area contributed by atoms with Crippen molar-refractivity contribution in [3.8, 4) is 11.5 Å². The van der Waals surface area contributed by atoms with Crippen LogP contribution in [0.2, 0.25) is 0 Å². The van der Waals surface area contributed by atoms with E-state index in [-0.39, 0.29) is 74.7 Å². The predicted molar refractivity (Wildman–Crippen MR) is 208 cm³/mol. The molecule has 0 amide bonds. The van der Waals surface area contributed by atoms with Gasteiger partial charge in [0.15, 0.2) is 6.29 Å². The summed E-state index contributed by atoms with van der Waals surface area (Å²) in [6.45, 7) is 4.99. The van der Waals surface area contributed by atoms with Gasteiger partial charge in [0.1, 0.15) is 18.1 Å². The predicted octanol–water partition coefficient (Wildman–Crippen LogP) is 9.03. The number of aromatic hydroxyl groups is 2. The average molecular weight is 810 g/mol. The number of carbonyl (C=O) groups is 1. The van der Waals surface area contributed by atoms with E-state index in [2.05, 4.69) is 25.1 Å². The number of aliphatic hydroxyl groups excluding tert-OH is 2. The van der Waals surface area contributed by atoms with Crippen molar-refractivity contribution in [1.82, 2.24) is 0 Å². The van der Waals surface area contributed by atoms with Crippen molar-refractivity contribution in [1.29, 1.82) is 0 Å². The van der Waals surface area contributed by atoms with E-state index < -0.39 is 0 Å². The van der Waals surface area contributed by atoms with Crippen LogP contribution in [0.3, 0.4) is 0 Å². The van der Waals surface area contributed by atoms with Crippen LogP contribution in [0, 0.1) is 41.9 Å². The summed E-state index contributed by atoms with van der Waals surface area (Å²) in [5.41, 5.74) is 7.52. The Morgan fingerprint density at radius 1 is 0.722 bits per heavy atom. The molecule has 4 N–H and O–H groups in total. The van der Waals surface area contributed by atoms with Crippen molar-refractivity contribution < 1.29 is 62.8 Å². The van der Waals surface area contributed by atoms with Crippen LogP contribution in [0.15, 0.2) is 59.8 Å². The number of oxime groups is 1. The van der Waals surface area contributed by atoms with Crippen LogP contribution in [0.5, 0.6) is 11.5 Å². The normalized spacial score (nSPS) is 34.2. The summed E-state index contributed by atoms with van der Waals surface area (Å²) in [7, 11) is 0. The van der Waals surface area contributed by atoms with Gasteiger partial charge in [0.2, 0.25) is 0 Å². The van der Waals surface area contributed by atoms with Crippen molar-refractivity contribution in [2.45, 2.75) is 122 Å². The Hall–Kier alpha value is -2.58. The van der Waals surface area contributed by atoms with Crippen LogP contribution < -0.4 is 0 Å². The van der Waals surface area contributed by atoms with Crippen LogP contribution in [-0.2, 0) is 57.0 Å². The third-order valence-corrected chi connectivity index (χ3v) is 15.1. The summed E-state index contributed by atoms with van der Waals surface area (Å²) in [6, 6.07) is 17.7. The van der Waals surface area contributed by atoms with Crippen molar-refractivity contribution in [2.75, 3.05) is 0 Å². The molecule has 0 spiro atoms. The topological polar surface area (TPSA) is 120 Å². The summed E-state index contributed by atoms with van der Waals surface area (Å²) in [5, 5.41) is 45.6. The molecule has 1 radical (unpaired) electrons. The standard InChI is InChI=1S/C26H31NO3.C19H24O3.CH3.Y/c1-26-12-11-20-21(23(26)9-10-25(26)29)8-7-18-14-24(28)19(13-22(18)20)15-27-30-16-17-5-3-2-4-6-17;1-19-7-6-13-14(16(19)4-5-18(19)22)3-2-11-9-17(21)12(10-20)8-15(11)13;;/h2-6,13-15,20-21,23,25,28-29H,7-12,16H2,1H3;8-10,13-14,16,18,21-22H,2-7H2,1H3;1H3;/q;;-1;/b27-15+;;;/t20?,21?,23?,25-,26-;13?,14?,16?,18-,19-;;/m00../s1. The minimum absolute atomic E-state index is 0. The molecule has 0 saturated heterocycles. The Bertz CT molecular complexity index is 1830. The van der Waals surface area contributed by atoms with Crippen LogP contribution in [0.4, 0.5) is 0 Å². The monoisotopic (exact) mass is 809 g/mol. The van der Waals surface area contributed by atoms with Crippen molar-refractivity contribution in [3.63, 3.8) is 0 Å². The zero-order valence-corrected chi connectivity index (χ0v) is 35.1. The van der Waals surface area contributed by atoms with E-state index in [9.17, 15) is 25.2 Å². The number of phenols is 2. The van der Waals surface area contributed by atoms with Crippen LogP contribution >= 0.6 is 0 Å². The van der Waals surface area contributed by atoms with E-state index in [0.29, 0.717) is 47.7 Å². The van der Waals surface area contributed by atoms with Crippen molar-refractivity contribution >= 4 is 12.5 Å². The molecule has 287 valence electrons. The van der Waals surface area contributed by atoms with E-state index in [1.165, 1.54) is 22.3 Å². The van der Waals surface area contributed by atoms with Crippen LogP contribution in [-0.4, -0.2) is 45.1 Å². The van der Waals surface area contributed by atoms with Gasteiger partial charge in [0, 0.05) is 38.3 Å². The van der Waals surface area contributed by atoms with E-state index in [1.807, 2.05) is 42.5 Å². The molecular weight excluding hydrogens is 751 g/mol. The second-order valence-corrected chi connectivity index (χ2v) is 17.4. The zero-order valence-electron chi connectivity index (χ0n) is 32.3. The Morgan fingerprint density at radius 2 is 1.22 bits per heavy atom. The van der Waals surface area contributed by atoms with Gasteiger partial charge in [0.25, 0.3) is 0 Å². The number of benzene rings is 3. The first-order valence-corrected chi connectivity index (χ1v) is 19.8. The minimum atomic E-state index is -0.148. The molecule has 0 bridgehead atoms. The van der Waals surface area contributed by atoms with Gasteiger partial charge in [-0.15, -0.1) is 0 Å². The second-order valence-electron chi connectivity index (χ2n) is 17.4. The third kappa shape index (κ3) is 7.25. The van der Waals surface area contributed by atoms with E-state index >= 15 is 0 Å². The number of carbonyl (C=O) groups excluding carboxylic acids is 1. The summed E-state index contributed by atoms with van der Waals surface area (Å²) >= 11 is 0. The number of aliphatic hydroxyl groups is 2. The fourth-order valence-electron chi connectivity index (χ4n) is 12.2. The van der Waals surface area contributed by atoms with Gasteiger partial charge in [0.05, 0.1) is 24.0 Å². The summed E-state index contributed by atoms with van der Waals surface area (Å²) in [4.78, 5) is 16.6. The Morgan fingerprint density at radius 3 is 1.74 bits per heavy atom. The first-order valence-electron chi connectivity index (χ1n) is 19.8. The molecule has 6 aliphatic rings. The molecule has 0 aliphatic heterocycles. The molecule has 7 nitrogen and oxygen atoms in total. The van der Waals surface area contributed by atoms with E-state index in [0.717, 1.165) is 94.5 Å². The van der Waals surface area contributed by atoms with Gasteiger partial charge >= 0.3 is 0 Å². The van der Waals surface area contributed by atoms with Crippen LogP contribution in [0.25, 0.3) is 0 Å². The summed E-state index contributed by atoms with van der Waals surface area (Å²) < 4.78 is 0. The first kappa shape index (κ1) is 41.1. The second kappa shape index (κ2) is 16.5. The third-order valence-electron chi connectivity index (χ3n) is 15.1. The van der Waals surface area contributed by atoms with Crippen molar-refractivity contribution in [2.24, 2.45) is 39.7 Å². The van der Waals surface area contributed by atoms with Gasteiger partial charge in [-0.2, -0.15) is 0 Å². The number of aryl methyl sites for hydroxylation is 2. The van der Waals surface area contributed by atoms with Crippen LogP contribution in [0.1, 0.15) is 134 Å². The molecule has 3 aromatic rings. The first-order chi connectivity index (χ1) is 25.1. The van der Waals surface area contributed by atoms with Gasteiger partial charge in [-0.1, -0.05) is 49.3 Å². The smallest absolute Gasteiger partial charge is 0.153 e. The maximum absolute atomic E-state index is 11.2. The number of rotatable bonds is 5. The zero-order chi connectivity index (χ0) is 36.2. The number of fused-ring (bicyclic) bond motifs is 10. The number of phenolic OH excluding ortho intramolecular Hbond substituents is 2. The van der Waals surface area contributed by atoms with Gasteiger partial charge in [-0.05, 0) is 175 Å². The fourth-order valence-corrected chi connectivity index (χ4v) is 12.2. The molecule has 6 unspecified atom stereocenters. The SMILES string of the molecule is C[C@]12CCC3c4cc(/C=N/OCc5ccccc5)c(O)cc4CCC3C1CC[C@@H]2O.C[C@]12CCC3c4cc(C=O)c(O)cc4CCC3C1CC[C@@H]2O.[CH3-].[Y]. The molecule has 10 atom stereocenters. The number of nitrogens with zero attached hydrogens (tertiary/aromatic N) is 1. The molecule has 4 fully saturated rings. The van der Waals surface area contributed by atoms with E-state index in [4.69, 9.17) is 4.84 Å². The number of hydrogen-bond donors (Lipinski definition) is 4. The molecule has 0 aromatic heterocycles. The maximum Gasteiger partial charge on any atom is 0.153 e. The molecule has 8 heteroatoms. The molecule has 3 aromatic carbocycles. The van der Waals surface area contributed by atoms with Gasteiger partial charge in [-0.3, -0.25) is 4.79 Å². The molecule has 9 rings (SSSR count). The quantitative estimate of drug-likeness (QED) is 0.0885. The molecule has 4 saturated carbocycles. The molecule has 6 aliphatic carbocycles. The van der Waals surface area contributed by atoms with Gasteiger partial charge in [-0.25, -0.2) is 0 Å². The Labute approximate surface area is 346 Å². The van der Waals surface area contributed by atoms with E-state index in [1.54, 1.807) is 12.3 Å². The largest absolute Gasteiger partial charge is 0.507 e. The summed E-state index contributed by atoms with van der Waals surface area (Å²) in [6.07, 6.45) is 14.9. The average Bonchev–Trinajstić information content (AvgIpc) is 3.63. The van der Waals surface area contributed by atoms with Crippen molar-refractivity contribution in [3.05, 3.63) is 101 Å². The Balaban J connectivity index is 0.000000185.